The van der Waals surface area contributed by atoms with E-state index in [1.54, 1.807) is 18.9 Å². The van der Waals surface area contributed by atoms with Crippen molar-refractivity contribution in [2.45, 2.75) is 111 Å². The third-order valence-electron chi connectivity index (χ3n) is 5.07. The van der Waals surface area contributed by atoms with Crippen LogP contribution in [0.15, 0.2) is 11.8 Å². The normalized spacial score (nSPS) is 13.6. The number of allylic oxidation sites excluding steroid dienone is 1. The molecule has 0 aromatic rings. The molecule has 0 aromatic carbocycles. The van der Waals surface area contributed by atoms with E-state index in [0.29, 0.717) is 5.92 Å². The Labute approximate surface area is 159 Å². The first-order chi connectivity index (χ1) is 11.2. The van der Waals surface area contributed by atoms with Gasteiger partial charge in [0.05, 0.1) is 0 Å². The first-order valence-corrected chi connectivity index (χ1v) is 22.0. The van der Waals surface area contributed by atoms with Crippen molar-refractivity contribution < 1.29 is 4.43 Å². The summed E-state index contributed by atoms with van der Waals surface area (Å²) >= 11 is -2.09. The summed E-state index contributed by atoms with van der Waals surface area (Å²) in [7, 11) is -1.47. The Morgan fingerprint density at radius 1 is 0.875 bits per heavy atom. The average molecular weight is 461 g/mol. The van der Waals surface area contributed by atoms with Crippen LogP contribution in [0.1, 0.15) is 73.1 Å². The number of rotatable bonds is 14. The monoisotopic (exact) mass is 462 g/mol. The molecule has 0 N–H and O–H groups in total. The summed E-state index contributed by atoms with van der Waals surface area (Å²) in [6.45, 7) is 18.7. The molecule has 144 valence electrons. The second-order valence-electron chi connectivity index (χ2n) is 9.07. The Hall–Kier alpha value is 0.556. The summed E-state index contributed by atoms with van der Waals surface area (Å²) in [6, 6.07) is 0. The van der Waals surface area contributed by atoms with E-state index in [-0.39, 0.29) is 0 Å². The van der Waals surface area contributed by atoms with Crippen LogP contribution in [0.2, 0.25) is 37.4 Å². The Morgan fingerprint density at radius 2 is 1.29 bits per heavy atom. The molecule has 0 heterocycles. The third-order valence-corrected chi connectivity index (χ3v) is 21.3. The van der Waals surface area contributed by atoms with Crippen molar-refractivity contribution in [3.8, 4) is 0 Å². The van der Waals surface area contributed by atoms with E-state index in [9.17, 15) is 0 Å². The van der Waals surface area contributed by atoms with Crippen molar-refractivity contribution in [2.75, 3.05) is 0 Å². The Kier molecular flexibility index (Phi) is 13.1. The van der Waals surface area contributed by atoms with Gasteiger partial charge in [0, 0.05) is 0 Å². The van der Waals surface area contributed by atoms with Gasteiger partial charge in [-0.05, 0) is 0 Å². The molecule has 0 bridgehead atoms. The zero-order valence-electron chi connectivity index (χ0n) is 18.1. The van der Waals surface area contributed by atoms with Crippen molar-refractivity contribution in [1.82, 2.24) is 0 Å². The van der Waals surface area contributed by atoms with Crippen LogP contribution in [-0.2, 0) is 4.43 Å². The molecule has 0 radical (unpaired) electrons. The van der Waals surface area contributed by atoms with Gasteiger partial charge in [-0.2, -0.15) is 0 Å². The number of unbranched alkanes of at least 4 members (excludes halogenated alkanes) is 3. The first-order valence-electron chi connectivity index (χ1n) is 10.6. The SMILES string of the molecule is CCC[CH2][Sn]([CH2]CCC)([CH2]CCC)[CH2]/C(=C/O[Si](C)(C)C)C(C)C. The maximum atomic E-state index is 6.22. The van der Waals surface area contributed by atoms with Crippen LogP contribution < -0.4 is 0 Å². The molecule has 1 nitrogen and oxygen atoms in total. The minimum absolute atomic E-state index is 0.641. The predicted octanol–water partition coefficient (Wildman–Crippen LogP) is 8.23. The molecule has 0 saturated carbocycles. The van der Waals surface area contributed by atoms with Crippen molar-refractivity contribution in [2.24, 2.45) is 5.92 Å². The van der Waals surface area contributed by atoms with Gasteiger partial charge in [0.1, 0.15) is 0 Å². The fraction of sp³-hybridized carbons (Fsp3) is 0.905. The van der Waals surface area contributed by atoms with E-state index in [4.69, 9.17) is 4.43 Å². The van der Waals surface area contributed by atoms with Crippen molar-refractivity contribution in [3.63, 3.8) is 0 Å². The van der Waals surface area contributed by atoms with Gasteiger partial charge in [-0.3, -0.25) is 0 Å². The van der Waals surface area contributed by atoms with E-state index < -0.39 is 26.7 Å². The van der Waals surface area contributed by atoms with Gasteiger partial charge in [0.25, 0.3) is 0 Å². The van der Waals surface area contributed by atoms with E-state index in [1.165, 1.54) is 43.0 Å². The molecule has 0 aromatic heterocycles. The van der Waals surface area contributed by atoms with Gasteiger partial charge in [0.2, 0.25) is 0 Å². The molecule has 24 heavy (non-hydrogen) atoms. The number of hydrogen-bond donors (Lipinski definition) is 0. The Balaban J connectivity index is 5.37. The number of hydrogen-bond acceptors (Lipinski definition) is 1. The maximum absolute atomic E-state index is 6.22. The second kappa shape index (κ2) is 12.8. The van der Waals surface area contributed by atoms with Crippen LogP contribution >= 0.6 is 0 Å². The topological polar surface area (TPSA) is 9.23 Å². The fourth-order valence-corrected chi connectivity index (χ4v) is 20.8. The molecule has 3 heteroatoms. The summed E-state index contributed by atoms with van der Waals surface area (Å²) in [5.74, 6) is 0.641. The molecule has 0 atom stereocenters. The Bertz CT molecular complexity index is 322. The van der Waals surface area contributed by atoms with E-state index >= 15 is 0 Å². The van der Waals surface area contributed by atoms with Crippen LogP contribution in [0.3, 0.4) is 0 Å². The summed E-state index contributed by atoms with van der Waals surface area (Å²) in [6.07, 6.45) is 10.7. The molecular weight excluding hydrogens is 415 g/mol. The molecule has 0 unspecified atom stereocenters. The summed E-state index contributed by atoms with van der Waals surface area (Å²) < 4.78 is 12.5. The second-order valence-corrected chi connectivity index (χ2v) is 27.4. The predicted molar refractivity (Wildman–Crippen MR) is 117 cm³/mol. The quantitative estimate of drug-likeness (QED) is 0.187. The summed E-state index contributed by atoms with van der Waals surface area (Å²) in [5.41, 5.74) is 1.64. The zero-order valence-corrected chi connectivity index (χ0v) is 22.0. The molecule has 0 amide bonds. The van der Waals surface area contributed by atoms with Crippen LogP contribution in [0.25, 0.3) is 0 Å². The standard InChI is InChI=1S/C9H19OSi.3C4H9.Sn/c1-8(2)9(3)7-10-11(4,5)6;3*1-3-4-2;/h7-8H,3H2,1-2,4-6H3;3*1,3-4H2,2H3;/b9-7-;;;;. The van der Waals surface area contributed by atoms with Gasteiger partial charge in [-0.25, -0.2) is 0 Å². The fourth-order valence-electron chi connectivity index (χ4n) is 3.36. The van der Waals surface area contributed by atoms with Gasteiger partial charge in [0.15, 0.2) is 0 Å². The summed E-state index contributed by atoms with van der Waals surface area (Å²) in [4.78, 5) is 0. The minimum atomic E-state index is -2.09. The van der Waals surface area contributed by atoms with Gasteiger partial charge < -0.3 is 0 Å². The van der Waals surface area contributed by atoms with Crippen LogP contribution in [-0.4, -0.2) is 26.7 Å². The molecular formula is C21H46OSiSn. The van der Waals surface area contributed by atoms with Crippen LogP contribution in [0, 0.1) is 5.92 Å². The zero-order chi connectivity index (χ0) is 18.6. The van der Waals surface area contributed by atoms with E-state index in [1.807, 2.05) is 0 Å². The molecule has 0 rings (SSSR count). The molecule has 0 saturated heterocycles. The van der Waals surface area contributed by atoms with Crippen molar-refractivity contribution >= 4 is 26.7 Å². The van der Waals surface area contributed by atoms with Crippen molar-refractivity contribution in [1.29, 1.82) is 0 Å². The molecule has 0 spiro atoms. The van der Waals surface area contributed by atoms with Crippen LogP contribution in [0.5, 0.6) is 0 Å². The van der Waals surface area contributed by atoms with E-state index in [2.05, 4.69) is 60.5 Å². The third kappa shape index (κ3) is 11.2. The van der Waals surface area contributed by atoms with Gasteiger partial charge >= 0.3 is 159 Å². The van der Waals surface area contributed by atoms with Crippen LogP contribution in [0.4, 0.5) is 0 Å². The van der Waals surface area contributed by atoms with Gasteiger partial charge in [-0.1, -0.05) is 0 Å². The molecule has 0 fully saturated rings. The summed E-state index contributed by atoms with van der Waals surface area (Å²) in [5, 5.41) is 0. The first kappa shape index (κ1) is 24.6. The Morgan fingerprint density at radius 3 is 1.58 bits per heavy atom. The average Bonchev–Trinajstić information content (AvgIpc) is 2.51. The van der Waals surface area contributed by atoms with E-state index in [0.717, 1.165) is 0 Å². The molecule has 0 aliphatic heterocycles. The molecule has 0 aliphatic carbocycles. The molecule has 0 aliphatic rings. The van der Waals surface area contributed by atoms with Crippen molar-refractivity contribution in [3.05, 3.63) is 11.8 Å². The van der Waals surface area contributed by atoms with Gasteiger partial charge in [-0.15, -0.1) is 0 Å².